The summed E-state index contributed by atoms with van der Waals surface area (Å²) in [5, 5.41) is 3.68. The van der Waals surface area contributed by atoms with E-state index in [-0.39, 0.29) is 17.9 Å². The van der Waals surface area contributed by atoms with Crippen LogP contribution in [0.15, 0.2) is 30.3 Å². The van der Waals surface area contributed by atoms with Crippen LogP contribution in [0.25, 0.3) is 0 Å². The number of carbonyl (C=O) groups is 1. The van der Waals surface area contributed by atoms with Gasteiger partial charge in [-0.3, -0.25) is 4.79 Å². The van der Waals surface area contributed by atoms with Crippen molar-refractivity contribution >= 4 is 5.78 Å². The second kappa shape index (κ2) is 4.85. The van der Waals surface area contributed by atoms with Crippen molar-refractivity contribution in [2.24, 2.45) is 5.92 Å². The molecular formula is C16H21NO. The van der Waals surface area contributed by atoms with Crippen LogP contribution in [0.5, 0.6) is 0 Å². The van der Waals surface area contributed by atoms with Crippen molar-refractivity contribution in [2.45, 2.75) is 50.6 Å². The Morgan fingerprint density at radius 1 is 1.11 bits per heavy atom. The molecule has 0 bridgehead atoms. The van der Waals surface area contributed by atoms with Crippen LogP contribution in [0.3, 0.4) is 0 Å². The van der Waals surface area contributed by atoms with Crippen molar-refractivity contribution in [1.29, 1.82) is 0 Å². The number of hydrogen-bond acceptors (Lipinski definition) is 2. The maximum absolute atomic E-state index is 12.7. The lowest BCUT2D eigenvalue weighted by atomic mass is 9.71. The monoisotopic (exact) mass is 243 g/mol. The van der Waals surface area contributed by atoms with Crippen LogP contribution in [0.4, 0.5) is 0 Å². The fraction of sp³-hybridized carbons (Fsp3) is 0.562. The molecular weight excluding hydrogens is 222 g/mol. The summed E-state index contributed by atoms with van der Waals surface area (Å²) >= 11 is 0. The molecule has 18 heavy (non-hydrogen) atoms. The van der Waals surface area contributed by atoms with E-state index in [4.69, 9.17) is 0 Å². The summed E-state index contributed by atoms with van der Waals surface area (Å²) in [5.41, 5.74) is 1.17. The van der Waals surface area contributed by atoms with E-state index in [1.165, 1.54) is 24.8 Å². The predicted octanol–water partition coefficient (Wildman–Crippen LogP) is 2.89. The zero-order valence-corrected chi connectivity index (χ0v) is 10.9. The smallest absolute Gasteiger partial charge is 0.146 e. The Kier molecular flexibility index (Phi) is 3.21. The SMILES string of the molecule is CC1NC2CCCCC2C(=O)C1c1ccccc1. The lowest BCUT2D eigenvalue weighted by molar-refractivity contribution is -0.129. The highest BCUT2D eigenvalue weighted by Crippen LogP contribution is 2.36. The van der Waals surface area contributed by atoms with Crippen LogP contribution in [0, 0.1) is 5.92 Å². The average molecular weight is 243 g/mol. The summed E-state index contributed by atoms with van der Waals surface area (Å²) in [7, 11) is 0. The van der Waals surface area contributed by atoms with Gasteiger partial charge in [-0.25, -0.2) is 0 Å². The second-order valence-corrected chi connectivity index (χ2v) is 5.74. The van der Waals surface area contributed by atoms with Crippen molar-refractivity contribution in [2.75, 3.05) is 0 Å². The molecule has 1 saturated heterocycles. The van der Waals surface area contributed by atoms with E-state index in [0.29, 0.717) is 11.8 Å². The van der Waals surface area contributed by atoms with Gasteiger partial charge in [0.25, 0.3) is 0 Å². The number of fused-ring (bicyclic) bond motifs is 1. The molecule has 2 fully saturated rings. The molecule has 3 rings (SSSR count). The molecule has 1 heterocycles. The average Bonchev–Trinajstić information content (AvgIpc) is 2.40. The molecule has 0 spiro atoms. The maximum Gasteiger partial charge on any atom is 0.146 e. The van der Waals surface area contributed by atoms with Crippen LogP contribution >= 0.6 is 0 Å². The van der Waals surface area contributed by atoms with Crippen LogP contribution in [-0.4, -0.2) is 17.9 Å². The third-order valence-electron chi connectivity index (χ3n) is 4.57. The summed E-state index contributed by atoms with van der Waals surface area (Å²) in [4.78, 5) is 12.7. The summed E-state index contributed by atoms with van der Waals surface area (Å²) in [6.45, 7) is 2.15. The van der Waals surface area contributed by atoms with Gasteiger partial charge in [-0.1, -0.05) is 43.2 Å². The molecule has 2 heteroatoms. The molecule has 0 aromatic heterocycles. The van der Waals surface area contributed by atoms with E-state index in [1.807, 2.05) is 18.2 Å². The summed E-state index contributed by atoms with van der Waals surface area (Å²) in [6.07, 6.45) is 4.73. The van der Waals surface area contributed by atoms with E-state index in [1.54, 1.807) is 0 Å². The van der Waals surface area contributed by atoms with Gasteiger partial charge in [-0.2, -0.15) is 0 Å². The molecule has 1 aliphatic carbocycles. The maximum atomic E-state index is 12.7. The van der Waals surface area contributed by atoms with Crippen molar-refractivity contribution in [3.63, 3.8) is 0 Å². The number of carbonyl (C=O) groups excluding carboxylic acids is 1. The molecule has 1 aromatic rings. The van der Waals surface area contributed by atoms with Gasteiger partial charge in [0.2, 0.25) is 0 Å². The van der Waals surface area contributed by atoms with Crippen molar-refractivity contribution < 1.29 is 4.79 Å². The normalized spacial score (nSPS) is 36.2. The molecule has 1 aromatic carbocycles. The van der Waals surface area contributed by atoms with Crippen LogP contribution in [0.2, 0.25) is 0 Å². The highest BCUT2D eigenvalue weighted by atomic mass is 16.1. The fourth-order valence-electron chi connectivity index (χ4n) is 3.70. The quantitative estimate of drug-likeness (QED) is 0.821. The Balaban J connectivity index is 1.89. The van der Waals surface area contributed by atoms with E-state index in [9.17, 15) is 4.79 Å². The van der Waals surface area contributed by atoms with Gasteiger partial charge < -0.3 is 5.32 Å². The first-order chi connectivity index (χ1) is 8.77. The summed E-state index contributed by atoms with van der Waals surface area (Å²) in [6, 6.07) is 10.9. The summed E-state index contributed by atoms with van der Waals surface area (Å²) in [5.74, 6) is 0.767. The van der Waals surface area contributed by atoms with Crippen molar-refractivity contribution in [3.8, 4) is 0 Å². The Labute approximate surface area is 109 Å². The number of piperidine rings is 1. The van der Waals surface area contributed by atoms with Crippen molar-refractivity contribution in [3.05, 3.63) is 35.9 Å². The lowest BCUT2D eigenvalue weighted by Gasteiger charge is -2.42. The molecule has 0 radical (unpaired) electrons. The standard InChI is InChI=1S/C16H21NO/c1-11-15(12-7-3-2-4-8-12)16(18)13-9-5-6-10-14(13)17-11/h2-4,7-8,11,13-15,17H,5-6,9-10H2,1H3. The zero-order valence-electron chi connectivity index (χ0n) is 10.9. The van der Waals surface area contributed by atoms with Crippen LogP contribution in [0.1, 0.15) is 44.1 Å². The molecule has 4 unspecified atom stereocenters. The van der Waals surface area contributed by atoms with Gasteiger partial charge in [0, 0.05) is 18.0 Å². The Bertz CT molecular complexity index is 428. The Morgan fingerprint density at radius 2 is 1.83 bits per heavy atom. The minimum Gasteiger partial charge on any atom is -0.310 e. The number of ketones is 1. The highest BCUT2D eigenvalue weighted by Gasteiger charge is 2.42. The predicted molar refractivity (Wildman–Crippen MR) is 72.5 cm³/mol. The van der Waals surface area contributed by atoms with E-state index in [2.05, 4.69) is 24.4 Å². The Hall–Kier alpha value is -1.15. The number of rotatable bonds is 1. The molecule has 1 aliphatic heterocycles. The minimum absolute atomic E-state index is 0.0468. The number of Topliss-reactive ketones (excluding diaryl/α,β-unsaturated/α-hetero) is 1. The van der Waals surface area contributed by atoms with Gasteiger partial charge in [0.1, 0.15) is 5.78 Å². The van der Waals surface area contributed by atoms with Gasteiger partial charge in [-0.05, 0) is 25.3 Å². The van der Waals surface area contributed by atoms with Gasteiger partial charge >= 0.3 is 0 Å². The third kappa shape index (κ3) is 1.99. The van der Waals surface area contributed by atoms with Gasteiger partial charge in [-0.15, -0.1) is 0 Å². The van der Waals surface area contributed by atoms with Gasteiger partial charge in [0.05, 0.1) is 5.92 Å². The zero-order chi connectivity index (χ0) is 12.5. The minimum atomic E-state index is 0.0468. The molecule has 1 N–H and O–H groups in total. The molecule has 2 aliphatic rings. The largest absolute Gasteiger partial charge is 0.310 e. The molecule has 4 atom stereocenters. The first kappa shape index (κ1) is 11.9. The lowest BCUT2D eigenvalue weighted by Crippen LogP contribution is -2.56. The van der Waals surface area contributed by atoms with Gasteiger partial charge in [0.15, 0.2) is 0 Å². The molecule has 0 amide bonds. The van der Waals surface area contributed by atoms with E-state index in [0.717, 1.165) is 6.42 Å². The number of benzene rings is 1. The molecule has 2 nitrogen and oxygen atoms in total. The third-order valence-corrected chi connectivity index (χ3v) is 4.57. The summed E-state index contributed by atoms with van der Waals surface area (Å²) < 4.78 is 0. The number of nitrogens with one attached hydrogen (secondary N) is 1. The number of hydrogen-bond donors (Lipinski definition) is 1. The molecule has 1 saturated carbocycles. The van der Waals surface area contributed by atoms with Crippen LogP contribution < -0.4 is 5.32 Å². The second-order valence-electron chi connectivity index (χ2n) is 5.74. The van der Waals surface area contributed by atoms with E-state index >= 15 is 0 Å². The van der Waals surface area contributed by atoms with E-state index < -0.39 is 0 Å². The fourth-order valence-corrected chi connectivity index (χ4v) is 3.70. The first-order valence-electron chi connectivity index (χ1n) is 7.12. The van der Waals surface area contributed by atoms with Crippen molar-refractivity contribution in [1.82, 2.24) is 5.32 Å². The Morgan fingerprint density at radius 3 is 2.61 bits per heavy atom. The molecule has 96 valence electrons. The topological polar surface area (TPSA) is 29.1 Å². The van der Waals surface area contributed by atoms with Crippen LogP contribution in [-0.2, 0) is 4.79 Å². The first-order valence-corrected chi connectivity index (χ1v) is 7.12. The highest BCUT2D eigenvalue weighted by molar-refractivity contribution is 5.90.